The number of nitro groups is 1. The largest absolute Gasteiger partial charge is 0.376 e. The first-order valence-electron chi connectivity index (χ1n) is 7.95. The predicted molar refractivity (Wildman–Crippen MR) is 89.9 cm³/mol. The van der Waals surface area contributed by atoms with Crippen LogP contribution in [0.15, 0.2) is 36.5 Å². The van der Waals surface area contributed by atoms with Gasteiger partial charge in [0.25, 0.3) is 5.69 Å². The molecule has 1 heterocycles. The van der Waals surface area contributed by atoms with E-state index in [-0.39, 0.29) is 18.1 Å². The van der Waals surface area contributed by atoms with Gasteiger partial charge in [-0.2, -0.15) is 5.10 Å². The fourth-order valence-corrected chi connectivity index (χ4v) is 2.95. The maximum Gasteiger partial charge on any atom is 0.271 e. The van der Waals surface area contributed by atoms with Crippen molar-refractivity contribution < 1.29 is 9.72 Å². The first kappa shape index (κ1) is 16.0. The summed E-state index contributed by atoms with van der Waals surface area (Å²) in [4.78, 5) is 22.4. The highest BCUT2D eigenvalue weighted by Gasteiger charge is 2.20. The minimum absolute atomic E-state index is 0.0142. The van der Waals surface area contributed by atoms with Crippen molar-refractivity contribution in [3.63, 3.8) is 0 Å². The molecule has 126 valence electrons. The zero-order valence-corrected chi connectivity index (χ0v) is 13.1. The average Bonchev–Trinajstić information content (AvgIpc) is 3.24. The van der Waals surface area contributed by atoms with Crippen molar-refractivity contribution >= 4 is 23.1 Å². The van der Waals surface area contributed by atoms with Crippen molar-refractivity contribution in [1.29, 1.82) is 0 Å². The van der Waals surface area contributed by atoms with Crippen LogP contribution in [0, 0.1) is 10.1 Å². The molecular weight excluding hydrogens is 310 g/mol. The lowest BCUT2D eigenvalue weighted by atomic mass is 10.2. The van der Waals surface area contributed by atoms with E-state index in [1.165, 1.54) is 25.0 Å². The number of anilines is 2. The van der Waals surface area contributed by atoms with Crippen LogP contribution in [0.5, 0.6) is 0 Å². The van der Waals surface area contributed by atoms with Crippen LogP contribution in [0.3, 0.4) is 0 Å². The van der Waals surface area contributed by atoms with Gasteiger partial charge in [0.15, 0.2) is 0 Å². The van der Waals surface area contributed by atoms with E-state index in [0.29, 0.717) is 17.5 Å². The summed E-state index contributed by atoms with van der Waals surface area (Å²) in [5.74, 6) is 0.467. The number of non-ortho nitro benzene ring substituents is 1. The van der Waals surface area contributed by atoms with Gasteiger partial charge in [-0.05, 0) is 18.9 Å². The average molecular weight is 329 g/mol. The van der Waals surface area contributed by atoms with E-state index < -0.39 is 4.92 Å². The lowest BCUT2D eigenvalue weighted by molar-refractivity contribution is -0.384. The molecule has 2 aromatic rings. The summed E-state index contributed by atoms with van der Waals surface area (Å²) in [7, 11) is 0. The number of benzene rings is 1. The highest BCUT2D eigenvalue weighted by molar-refractivity contribution is 5.93. The third-order valence-corrected chi connectivity index (χ3v) is 4.12. The normalized spacial score (nSPS) is 14.5. The predicted octanol–water partition coefficient (Wildman–Crippen LogP) is 2.96. The molecule has 1 aliphatic carbocycles. The maximum atomic E-state index is 12.1. The van der Waals surface area contributed by atoms with Gasteiger partial charge in [0.2, 0.25) is 5.91 Å². The SMILES string of the molecule is O=C(CNc1cccc([N+](=O)[O-])c1)Nc1ccnn1C1CCCC1. The summed E-state index contributed by atoms with van der Waals surface area (Å²) in [6.07, 6.45) is 6.22. The molecule has 2 N–H and O–H groups in total. The molecule has 3 rings (SSSR count). The fraction of sp³-hybridized carbons (Fsp3) is 0.375. The highest BCUT2D eigenvalue weighted by Crippen LogP contribution is 2.31. The van der Waals surface area contributed by atoms with E-state index >= 15 is 0 Å². The van der Waals surface area contributed by atoms with Gasteiger partial charge in [0, 0.05) is 23.9 Å². The van der Waals surface area contributed by atoms with Crippen molar-refractivity contribution in [3.05, 3.63) is 46.6 Å². The second kappa shape index (κ2) is 7.12. The fourth-order valence-electron chi connectivity index (χ4n) is 2.95. The third-order valence-electron chi connectivity index (χ3n) is 4.12. The van der Waals surface area contributed by atoms with Gasteiger partial charge in [0.1, 0.15) is 5.82 Å². The number of nitrogens with one attached hydrogen (secondary N) is 2. The van der Waals surface area contributed by atoms with Gasteiger partial charge in [-0.15, -0.1) is 0 Å². The van der Waals surface area contributed by atoms with Crippen LogP contribution in [-0.2, 0) is 4.79 Å². The summed E-state index contributed by atoms with van der Waals surface area (Å²) in [6, 6.07) is 8.20. The second-order valence-electron chi connectivity index (χ2n) is 5.81. The molecule has 1 fully saturated rings. The van der Waals surface area contributed by atoms with Gasteiger partial charge in [-0.1, -0.05) is 18.9 Å². The molecule has 0 radical (unpaired) electrons. The van der Waals surface area contributed by atoms with E-state index in [1.54, 1.807) is 24.4 Å². The molecule has 0 bridgehead atoms. The molecule has 0 atom stereocenters. The van der Waals surface area contributed by atoms with Crippen molar-refractivity contribution in [2.24, 2.45) is 0 Å². The van der Waals surface area contributed by atoms with Crippen LogP contribution in [0.25, 0.3) is 0 Å². The van der Waals surface area contributed by atoms with Crippen molar-refractivity contribution in [3.8, 4) is 0 Å². The molecule has 8 nitrogen and oxygen atoms in total. The summed E-state index contributed by atoms with van der Waals surface area (Å²) in [6.45, 7) is 0.0248. The van der Waals surface area contributed by atoms with Crippen molar-refractivity contribution in [1.82, 2.24) is 9.78 Å². The zero-order chi connectivity index (χ0) is 16.9. The Morgan fingerprint density at radius 3 is 2.88 bits per heavy atom. The Morgan fingerprint density at radius 2 is 2.12 bits per heavy atom. The molecule has 0 spiro atoms. The Bertz CT molecular complexity index is 737. The van der Waals surface area contributed by atoms with E-state index in [4.69, 9.17) is 0 Å². The highest BCUT2D eigenvalue weighted by atomic mass is 16.6. The molecule has 1 saturated carbocycles. The molecule has 1 aromatic heterocycles. The number of hydrogen-bond acceptors (Lipinski definition) is 5. The van der Waals surface area contributed by atoms with E-state index in [9.17, 15) is 14.9 Å². The minimum Gasteiger partial charge on any atom is -0.376 e. The van der Waals surface area contributed by atoms with Crippen LogP contribution in [0.1, 0.15) is 31.7 Å². The summed E-state index contributed by atoms with van der Waals surface area (Å²) < 4.78 is 1.87. The number of carbonyl (C=O) groups excluding carboxylic acids is 1. The summed E-state index contributed by atoms with van der Waals surface area (Å²) >= 11 is 0. The topological polar surface area (TPSA) is 102 Å². The maximum absolute atomic E-state index is 12.1. The molecular formula is C16H19N5O3. The third kappa shape index (κ3) is 3.70. The van der Waals surface area contributed by atoms with E-state index in [2.05, 4.69) is 15.7 Å². The number of nitro benzene ring substituents is 1. The van der Waals surface area contributed by atoms with Gasteiger partial charge in [0.05, 0.1) is 23.7 Å². The molecule has 0 aliphatic heterocycles. The first-order chi connectivity index (χ1) is 11.6. The van der Waals surface area contributed by atoms with Gasteiger partial charge < -0.3 is 10.6 Å². The molecule has 0 unspecified atom stereocenters. The van der Waals surface area contributed by atoms with E-state index in [1.807, 2.05) is 4.68 Å². The number of aromatic nitrogens is 2. The number of hydrogen-bond donors (Lipinski definition) is 2. The molecule has 8 heteroatoms. The second-order valence-corrected chi connectivity index (χ2v) is 5.81. The molecule has 24 heavy (non-hydrogen) atoms. The van der Waals surface area contributed by atoms with Crippen LogP contribution in [-0.4, -0.2) is 27.2 Å². The van der Waals surface area contributed by atoms with Gasteiger partial charge >= 0.3 is 0 Å². The Labute approximate surface area is 139 Å². The lowest BCUT2D eigenvalue weighted by Gasteiger charge is -2.15. The summed E-state index contributed by atoms with van der Waals surface area (Å²) in [5.41, 5.74) is 0.517. The number of amides is 1. The Balaban J connectivity index is 1.57. The van der Waals surface area contributed by atoms with Crippen molar-refractivity contribution in [2.45, 2.75) is 31.7 Å². The Morgan fingerprint density at radius 1 is 1.33 bits per heavy atom. The smallest absolute Gasteiger partial charge is 0.271 e. The summed E-state index contributed by atoms with van der Waals surface area (Å²) in [5, 5.41) is 20.8. The molecule has 1 amide bonds. The van der Waals surface area contributed by atoms with Crippen LogP contribution >= 0.6 is 0 Å². The zero-order valence-electron chi connectivity index (χ0n) is 13.1. The lowest BCUT2D eigenvalue weighted by Crippen LogP contribution is -2.24. The molecule has 0 saturated heterocycles. The van der Waals surface area contributed by atoms with Crippen molar-refractivity contribution in [2.75, 3.05) is 17.2 Å². The number of carbonyl (C=O) groups is 1. The van der Waals surface area contributed by atoms with Gasteiger partial charge in [-0.25, -0.2) is 4.68 Å². The van der Waals surface area contributed by atoms with E-state index in [0.717, 1.165) is 12.8 Å². The number of nitrogens with zero attached hydrogens (tertiary/aromatic N) is 3. The van der Waals surface area contributed by atoms with Crippen LogP contribution < -0.4 is 10.6 Å². The molecule has 1 aromatic carbocycles. The molecule has 1 aliphatic rings. The quantitative estimate of drug-likeness (QED) is 0.626. The Hall–Kier alpha value is -2.90. The standard InChI is InChI=1S/C16H19N5O3/c22-16(11-17-12-4-3-7-14(10-12)21(23)24)19-15-8-9-18-20(15)13-5-1-2-6-13/h3-4,7-10,13,17H,1-2,5-6,11H2,(H,19,22). The first-order valence-corrected chi connectivity index (χ1v) is 7.95. The monoisotopic (exact) mass is 329 g/mol. The Kier molecular flexibility index (Phi) is 4.74. The van der Waals surface area contributed by atoms with Crippen LogP contribution in [0.2, 0.25) is 0 Å². The van der Waals surface area contributed by atoms with Crippen LogP contribution in [0.4, 0.5) is 17.2 Å². The number of rotatable bonds is 6. The van der Waals surface area contributed by atoms with Gasteiger partial charge in [-0.3, -0.25) is 14.9 Å². The minimum atomic E-state index is -0.467.